The molecule has 0 radical (unpaired) electrons. The molecule has 1 aromatic carbocycles. The summed E-state index contributed by atoms with van der Waals surface area (Å²) in [6.07, 6.45) is -0.449. The van der Waals surface area contributed by atoms with Crippen LogP contribution in [-0.4, -0.2) is 18.2 Å². The quantitative estimate of drug-likeness (QED) is 0.668. The minimum atomic E-state index is -0.486. The summed E-state index contributed by atoms with van der Waals surface area (Å²) in [7, 11) is 0. The Kier molecular flexibility index (Phi) is 5.91. The van der Waals surface area contributed by atoms with Gasteiger partial charge in [-0.15, -0.1) is 0 Å². The molecular weight excluding hydrogens is 306 g/mol. The maximum atomic E-state index is 11.4. The van der Waals surface area contributed by atoms with Gasteiger partial charge in [-0.2, -0.15) is 0 Å². The van der Waals surface area contributed by atoms with Gasteiger partial charge in [0.15, 0.2) is 0 Å². The second-order valence-corrected chi connectivity index (χ2v) is 5.51. The predicted molar refractivity (Wildman–Crippen MR) is 80.2 cm³/mol. The first-order chi connectivity index (χ1) is 8.92. The molecule has 4 heteroatoms. The van der Waals surface area contributed by atoms with Gasteiger partial charge in [-0.25, -0.2) is 4.79 Å². The van der Waals surface area contributed by atoms with Crippen LogP contribution in [0.1, 0.15) is 31.9 Å². The van der Waals surface area contributed by atoms with Gasteiger partial charge in [0.2, 0.25) is 0 Å². The molecule has 3 nitrogen and oxygen atoms in total. The molecule has 102 valence electrons. The van der Waals surface area contributed by atoms with E-state index in [1.54, 1.807) is 0 Å². The van der Waals surface area contributed by atoms with Crippen molar-refractivity contribution in [3.63, 3.8) is 0 Å². The molecule has 1 aromatic rings. The molecule has 0 saturated heterocycles. The molecule has 0 unspecified atom stereocenters. The largest absolute Gasteiger partial charge is 0.444 e. The smallest absolute Gasteiger partial charge is 0.408 e. The van der Waals surface area contributed by atoms with E-state index in [-0.39, 0.29) is 6.54 Å². The zero-order valence-electron chi connectivity index (χ0n) is 11.4. The Hall–Kier alpha value is -1.47. The zero-order valence-corrected chi connectivity index (χ0v) is 13.0. The van der Waals surface area contributed by atoms with Crippen LogP contribution < -0.4 is 5.32 Å². The minimum Gasteiger partial charge on any atom is -0.444 e. The maximum absolute atomic E-state index is 11.4. The van der Waals surface area contributed by atoms with Crippen molar-refractivity contribution < 1.29 is 9.53 Å². The first kappa shape index (κ1) is 15.6. The Morgan fingerprint density at radius 3 is 2.68 bits per heavy atom. The van der Waals surface area contributed by atoms with Gasteiger partial charge in [-0.3, -0.25) is 0 Å². The number of alkyl halides is 1. The molecule has 0 aliphatic carbocycles. The number of alkyl carbamates (subject to hydrolysis) is 1. The highest BCUT2D eigenvalue weighted by Gasteiger charge is 2.14. The highest BCUT2D eigenvalue weighted by Crippen LogP contribution is 2.10. The van der Waals surface area contributed by atoms with Crippen molar-refractivity contribution in [1.29, 1.82) is 0 Å². The van der Waals surface area contributed by atoms with Crippen LogP contribution in [0, 0.1) is 11.8 Å². The SMILES string of the molecule is CC(C)(C)OC(=O)NCC#Cc1ccccc1CBr. The van der Waals surface area contributed by atoms with E-state index in [0.29, 0.717) is 0 Å². The molecule has 0 heterocycles. The predicted octanol–water partition coefficient (Wildman–Crippen LogP) is 3.46. The number of amides is 1. The van der Waals surface area contributed by atoms with E-state index in [4.69, 9.17) is 4.74 Å². The molecular formula is C15H18BrNO2. The first-order valence-electron chi connectivity index (χ1n) is 6.02. The number of rotatable bonds is 2. The van der Waals surface area contributed by atoms with Gasteiger partial charge in [0, 0.05) is 10.9 Å². The van der Waals surface area contributed by atoms with Crippen LogP contribution in [0.3, 0.4) is 0 Å². The van der Waals surface area contributed by atoms with Crippen LogP contribution in [0.4, 0.5) is 4.79 Å². The van der Waals surface area contributed by atoms with Gasteiger partial charge in [-0.05, 0) is 32.4 Å². The number of hydrogen-bond donors (Lipinski definition) is 1. The van der Waals surface area contributed by atoms with Crippen LogP contribution >= 0.6 is 15.9 Å². The summed E-state index contributed by atoms with van der Waals surface area (Å²) in [6.45, 7) is 5.74. The average Bonchev–Trinajstić information content (AvgIpc) is 2.33. The van der Waals surface area contributed by atoms with E-state index in [9.17, 15) is 4.79 Å². The monoisotopic (exact) mass is 323 g/mol. The van der Waals surface area contributed by atoms with Gasteiger partial charge >= 0.3 is 6.09 Å². The number of carbonyl (C=O) groups is 1. The second-order valence-electron chi connectivity index (χ2n) is 4.95. The third kappa shape index (κ3) is 6.30. The van der Waals surface area contributed by atoms with Crippen LogP contribution in [0.15, 0.2) is 24.3 Å². The normalized spacial score (nSPS) is 10.3. The van der Waals surface area contributed by atoms with Gasteiger partial charge in [0.25, 0.3) is 0 Å². The molecule has 0 bridgehead atoms. The maximum Gasteiger partial charge on any atom is 0.408 e. The molecule has 1 rings (SSSR count). The zero-order chi connectivity index (χ0) is 14.3. The summed E-state index contributed by atoms with van der Waals surface area (Å²) in [4.78, 5) is 11.4. The number of carbonyl (C=O) groups excluding carboxylic acids is 1. The molecule has 0 atom stereocenters. The van der Waals surface area contributed by atoms with Crippen molar-refractivity contribution in [2.24, 2.45) is 0 Å². The Morgan fingerprint density at radius 1 is 1.37 bits per heavy atom. The standard InChI is InChI=1S/C15H18BrNO2/c1-15(2,3)19-14(18)17-10-6-9-12-7-4-5-8-13(12)11-16/h4-5,7-8H,10-11H2,1-3H3,(H,17,18). The highest BCUT2D eigenvalue weighted by molar-refractivity contribution is 9.08. The van der Waals surface area contributed by atoms with E-state index in [0.717, 1.165) is 16.5 Å². The summed E-state index contributed by atoms with van der Waals surface area (Å²) < 4.78 is 5.11. The van der Waals surface area contributed by atoms with Crippen molar-refractivity contribution >= 4 is 22.0 Å². The number of ether oxygens (including phenoxy) is 1. The number of benzene rings is 1. The third-order valence-electron chi connectivity index (χ3n) is 2.10. The summed E-state index contributed by atoms with van der Waals surface area (Å²) >= 11 is 3.42. The lowest BCUT2D eigenvalue weighted by Crippen LogP contribution is -2.32. The van der Waals surface area contributed by atoms with Crippen LogP contribution in [0.2, 0.25) is 0 Å². The van der Waals surface area contributed by atoms with Crippen molar-refractivity contribution in [2.75, 3.05) is 6.54 Å². The molecule has 0 aliphatic rings. The summed E-state index contributed by atoms with van der Waals surface area (Å²) in [6, 6.07) is 7.88. The molecule has 0 saturated carbocycles. The van der Waals surface area contributed by atoms with E-state index < -0.39 is 11.7 Å². The molecule has 1 N–H and O–H groups in total. The first-order valence-corrected chi connectivity index (χ1v) is 7.14. The topological polar surface area (TPSA) is 38.3 Å². The number of halogens is 1. The van der Waals surface area contributed by atoms with E-state index in [2.05, 4.69) is 33.1 Å². The fraction of sp³-hybridized carbons (Fsp3) is 0.400. The number of hydrogen-bond acceptors (Lipinski definition) is 2. The summed E-state index contributed by atoms with van der Waals surface area (Å²) in [5.41, 5.74) is 1.61. The van der Waals surface area contributed by atoms with E-state index in [1.165, 1.54) is 0 Å². The molecule has 19 heavy (non-hydrogen) atoms. The molecule has 0 fully saturated rings. The Bertz CT molecular complexity index is 495. The van der Waals surface area contributed by atoms with Gasteiger partial charge in [0.05, 0.1) is 6.54 Å². The Balaban J connectivity index is 2.50. The lowest BCUT2D eigenvalue weighted by molar-refractivity contribution is 0.0535. The van der Waals surface area contributed by atoms with Crippen molar-refractivity contribution in [2.45, 2.75) is 31.7 Å². The lowest BCUT2D eigenvalue weighted by Gasteiger charge is -2.19. The highest BCUT2D eigenvalue weighted by atomic mass is 79.9. The van der Waals surface area contributed by atoms with E-state index in [1.807, 2.05) is 45.0 Å². The fourth-order valence-electron chi connectivity index (χ4n) is 1.33. The second kappa shape index (κ2) is 7.20. The average molecular weight is 324 g/mol. The molecule has 0 aliphatic heterocycles. The van der Waals surface area contributed by atoms with Crippen molar-refractivity contribution in [3.8, 4) is 11.8 Å². The van der Waals surface area contributed by atoms with Gasteiger partial charge in [-0.1, -0.05) is 46.0 Å². The van der Waals surface area contributed by atoms with Crippen LogP contribution in [-0.2, 0) is 10.1 Å². The summed E-state index contributed by atoms with van der Waals surface area (Å²) in [5.74, 6) is 5.94. The fourth-order valence-corrected chi connectivity index (χ4v) is 1.82. The Labute approximate surface area is 122 Å². The van der Waals surface area contributed by atoms with E-state index >= 15 is 0 Å². The van der Waals surface area contributed by atoms with Crippen LogP contribution in [0.25, 0.3) is 0 Å². The summed E-state index contributed by atoms with van der Waals surface area (Å²) in [5, 5.41) is 3.36. The Morgan fingerprint density at radius 2 is 2.05 bits per heavy atom. The molecule has 0 spiro atoms. The molecule has 0 aromatic heterocycles. The van der Waals surface area contributed by atoms with Gasteiger partial charge in [0.1, 0.15) is 5.60 Å². The van der Waals surface area contributed by atoms with Crippen LogP contribution in [0.5, 0.6) is 0 Å². The van der Waals surface area contributed by atoms with Gasteiger partial charge < -0.3 is 10.1 Å². The van der Waals surface area contributed by atoms with Crippen molar-refractivity contribution in [1.82, 2.24) is 5.32 Å². The number of nitrogens with one attached hydrogen (secondary N) is 1. The lowest BCUT2D eigenvalue weighted by atomic mass is 10.1. The van der Waals surface area contributed by atoms with Crippen molar-refractivity contribution in [3.05, 3.63) is 35.4 Å². The minimum absolute atomic E-state index is 0.269. The molecule has 1 amide bonds. The third-order valence-corrected chi connectivity index (χ3v) is 2.71.